The maximum absolute atomic E-state index is 11.3. The Kier molecular flexibility index (Phi) is 4.73. The molecule has 3 aromatic rings. The van der Waals surface area contributed by atoms with Gasteiger partial charge >= 0.3 is 7.60 Å². The Morgan fingerprint density at radius 2 is 1.92 bits per heavy atom. The molecule has 1 heterocycles. The number of H-pyrrole nitrogens is 1. The number of rotatable bonds is 2. The fourth-order valence-electron chi connectivity index (χ4n) is 2.09. The molecule has 0 fully saturated rings. The fourth-order valence-corrected chi connectivity index (χ4v) is 2.86. The van der Waals surface area contributed by atoms with Crippen LogP contribution in [0.5, 0.6) is 0 Å². The molecule has 24 heavy (non-hydrogen) atoms. The third-order valence-corrected chi connectivity index (χ3v) is 5.61. The van der Waals surface area contributed by atoms with Crippen LogP contribution < -0.4 is 0 Å². The maximum Gasteiger partial charge on any atom is 0.345 e. The van der Waals surface area contributed by atoms with Gasteiger partial charge in [-0.15, -0.1) is 0 Å². The van der Waals surface area contributed by atoms with Crippen molar-refractivity contribution in [3.8, 4) is 11.8 Å². The average Bonchev–Trinajstić information content (AvgIpc) is 2.94. The predicted octanol–water partition coefficient (Wildman–Crippen LogP) is 3.72. The maximum atomic E-state index is 11.3. The van der Waals surface area contributed by atoms with Gasteiger partial charge in [0.2, 0.25) is 0 Å². The number of halogens is 1. The lowest BCUT2D eigenvalue weighted by Gasteiger charge is -2.08. The van der Waals surface area contributed by atoms with E-state index in [1.54, 1.807) is 12.1 Å². The summed E-state index contributed by atoms with van der Waals surface area (Å²) in [6.07, 6.45) is 0. The van der Waals surface area contributed by atoms with Crippen LogP contribution in [-0.4, -0.2) is 19.8 Å². The number of fused-ring (bicyclic) bond motifs is 1. The van der Waals surface area contributed by atoms with E-state index in [4.69, 9.17) is 11.6 Å². The van der Waals surface area contributed by atoms with Gasteiger partial charge in [-0.25, -0.2) is 4.98 Å². The molecular weight excluding hydrogens is 367 g/mol. The molecule has 0 radical (unpaired) electrons. The zero-order chi connectivity index (χ0) is 17.3. The number of aromatic amines is 1. The smallest absolute Gasteiger partial charge is 0.340 e. The minimum Gasteiger partial charge on any atom is -0.340 e. The molecule has 3 rings (SSSR count). The number of aromatic nitrogens is 2. The number of hydrogen-bond acceptors (Lipinski definition) is 3. The van der Waals surface area contributed by atoms with Crippen LogP contribution in [0.25, 0.3) is 11.0 Å². The van der Waals surface area contributed by atoms with Gasteiger partial charge < -0.3 is 14.8 Å². The monoisotopic (exact) mass is 378 g/mol. The zero-order valence-electron chi connectivity index (χ0n) is 12.1. The van der Waals surface area contributed by atoms with Crippen LogP contribution in [0.15, 0.2) is 42.5 Å². The van der Waals surface area contributed by atoms with Crippen molar-refractivity contribution in [1.82, 2.24) is 9.97 Å². The van der Waals surface area contributed by atoms with Crippen LogP contribution in [0.4, 0.5) is 0 Å². The molecule has 0 aliphatic carbocycles. The lowest BCUT2D eigenvalue weighted by atomic mass is 10.1. The first-order chi connectivity index (χ1) is 11.3. The van der Waals surface area contributed by atoms with E-state index >= 15 is 0 Å². The van der Waals surface area contributed by atoms with Gasteiger partial charge in [0.05, 0.1) is 16.1 Å². The Labute approximate surface area is 148 Å². The van der Waals surface area contributed by atoms with E-state index in [2.05, 4.69) is 34.4 Å². The van der Waals surface area contributed by atoms with E-state index in [0.717, 1.165) is 5.56 Å². The number of benzene rings is 2. The minimum atomic E-state index is -4.40. The summed E-state index contributed by atoms with van der Waals surface area (Å²) in [7, 11) is -4.40. The quantitative estimate of drug-likeness (QED) is 0.311. The lowest BCUT2D eigenvalue weighted by molar-refractivity contribution is 0.370. The Morgan fingerprint density at radius 1 is 1.21 bits per heavy atom. The molecule has 1 aromatic heterocycles. The summed E-state index contributed by atoms with van der Waals surface area (Å²) in [5, 5.41) is 0.413. The Hall–Kier alpha value is -1.74. The van der Waals surface area contributed by atoms with Gasteiger partial charge in [-0.2, -0.15) is 12.6 Å². The summed E-state index contributed by atoms with van der Waals surface area (Å²) in [6, 6.07) is 12.8. The molecule has 8 heteroatoms. The van der Waals surface area contributed by atoms with Gasteiger partial charge in [0.25, 0.3) is 0 Å². The molecule has 0 amide bonds. The predicted molar refractivity (Wildman–Crippen MR) is 97.3 cm³/mol. The van der Waals surface area contributed by atoms with Crippen molar-refractivity contribution < 1.29 is 14.4 Å². The van der Waals surface area contributed by atoms with E-state index in [1.165, 1.54) is 0 Å². The molecule has 2 aromatic carbocycles. The Balaban J connectivity index is 2.01. The van der Waals surface area contributed by atoms with Crippen LogP contribution in [0.3, 0.4) is 0 Å². The second kappa shape index (κ2) is 6.64. The normalized spacial score (nSPS) is 12.7. The van der Waals surface area contributed by atoms with Crippen molar-refractivity contribution in [1.29, 1.82) is 0 Å². The molecule has 122 valence electrons. The summed E-state index contributed by atoms with van der Waals surface area (Å²) in [6.45, 7) is 0. The van der Waals surface area contributed by atoms with Crippen LogP contribution >= 0.6 is 31.8 Å². The van der Waals surface area contributed by atoms with Crippen molar-refractivity contribution in [2.75, 3.05) is 0 Å². The van der Waals surface area contributed by atoms with E-state index in [0.29, 0.717) is 21.6 Å². The zero-order valence-corrected chi connectivity index (χ0v) is 14.7. The second-order valence-electron chi connectivity index (χ2n) is 5.05. The van der Waals surface area contributed by atoms with E-state index in [1.807, 2.05) is 30.3 Å². The van der Waals surface area contributed by atoms with Crippen molar-refractivity contribution in [2.24, 2.45) is 0 Å². The van der Waals surface area contributed by atoms with Crippen molar-refractivity contribution in [2.45, 2.75) is 4.99 Å². The lowest BCUT2D eigenvalue weighted by Crippen LogP contribution is -1.94. The van der Waals surface area contributed by atoms with Crippen LogP contribution in [0.2, 0.25) is 5.02 Å². The highest BCUT2D eigenvalue weighted by Crippen LogP contribution is 2.53. The number of hydrogen-bond donors (Lipinski definition) is 4. The SMILES string of the molecule is O=P(O)(O)C(S)c1nc2cc(Cl)c(C#Cc3ccccc3)cc2[nH]1. The van der Waals surface area contributed by atoms with Crippen LogP contribution in [0, 0.1) is 11.8 Å². The molecule has 0 aliphatic heterocycles. The average molecular weight is 379 g/mol. The van der Waals surface area contributed by atoms with E-state index < -0.39 is 12.6 Å². The van der Waals surface area contributed by atoms with Crippen molar-refractivity contribution in [3.63, 3.8) is 0 Å². The summed E-state index contributed by atoms with van der Waals surface area (Å²) >= 11 is 10.2. The third-order valence-electron chi connectivity index (χ3n) is 3.27. The number of thiol groups is 1. The van der Waals surface area contributed by atoms with Crippen LogP contribution in [-0.2, 0) is 4.57 Å². The number of imidazole rings is 1. The molecule has 0 spiro atoms. The summed E-state index contributed by atoms with van der Waals surface area (Å²) in [4.78, 5) is 24.1. The fraction of sp³-hybridized carbons (Fsp3) is 0.0625. The second-order valence-corrected chi connectivity index (χ2v) is 8.08. The van der Waals surface area contributed by atoms with Crippen LogP contribution in [0.1, 0.15) is 21.9 Å². The topological polar surface area (TPSA) is 86.2 Å². The molecule has 5 nitrogen and oxygen atoms in total. The molecule has 0 aliphatic rings. The van der Waals surface area contributed by atoms with Gasteiger partial charge in [-0.3, -0.25) is 4.57 Å². The van der Waals surface area contributed by atoms with Gasteiger partial charge in [0, 0.05) is 11.1 Å². The summed E-state index contributed by atoms with van der Waals surface area (Å²) in [5.41, 5.74) is 2.53. The summed E-state index contributed by atoms with van der Waals surface area (Å²) < 4.78 is 11.3. The highest BCUT2D eigenvalue weighted by atomic mass is 35.5. The third kappa shape index (κ3) is 3.67. The Bertz CT molecular complexity index is 1000. The molecular formula is C16H12ClN2O3PS. The van der Waals surface area contributed by atoms with Crippen molar-refractivity contribution in [3.05, 3.63) is 64.4 Å². The van der Waals surface area contributed by atoms with Crippen molar-refractivity contribution >= 4 is 42.9 Å². The highest BCUT2D eigenvalue weighted by molar-refractivity contribution is 7.88. The molecule has 0 saturated carbocycles. The van der Waals surface area contributed by atoms with Gasteiger partial charge in [0.1, 0.15) is 5.82 Å². The number of nitrogens with zero attached hydrogens (tertiary/aromatic N) is 1. The van der Waals surface area contributed by atoms with Gasteiger partial charge in [0.15, 0.2) is 4.99 Å². The first-order valence-electron chi connectivity index (χ1n) is 6.84. The molecule has 1 atom stereocenters. The minimum absolute atomic E-state index is 0.0888. The number of nitrogens with one attached hydrogen (secondary N) is 1. The first-order valence-corrected chi connectivity index (χ1v) is 9.42. The highest BCUT2D eigenvalue weighted by Gasteiger charge is 2.29. The van der Waals surface area contributed by atoms with Gasteiger partial charge in [-0.1, -0.05) is 41.6 Å². The first kappa shape index (κ1) is 17.1. The van der Waals surface area contributed by atoms with E-state index in [-0.39, 0.29) is 5.82 Å². The standard InChI is InChI=1S/C16H12ClN2O3PS/c17-12-9-14-13(18-15(19-14)16(24)23(20,21)22)8-11(12)7-6-10-4-2-1-3-5-10/h1-5,8-9,16,24H,(H,18,19)(H2,20,21,22). The molecule has 1 unspecified atom stereocenters. The van der Waals surface area contributed by atoms with Gasteiger partial charge in [-0.05, 0) is 24.3 Å². The molecule has 0 saturated heterocycles. The van der Waals surface area contributed by atoms with E-state index in [9.17, 15) is 14.4 Å². The Morgan fingerprint density at radius 3 is 2.58 bits per heavy atom. The molecule has 0 bridgehead atoms. The summed E-state index contributed by atoms with van der Waals surface area (Å²) in [5.74, 6) is 6.09. The largest absolute Gasteiger partial charge is 0.345 e. The molecule has 3 N–H and O–H groups in total.